The molecule has 5 rings (SSSR count). The molecule has 11 heteroatoms. The maximum absolute atomic E-state index is 13.5. The van der Waals surface area contributed by atoms with Crippen LogP contribution < -0.4 is 9.64 Å². The van der Waals surface area contributed by atoms with Crippen molar-refractivity contribution in [1.82, 2.24) is 10.2 Å². The number of carbonyl (C=O) groups is 2. The summed E-state index contributed by atoms with van der Waals surface area (Å²) in [5.41, 5.74) is 1.96. The summed E-state index contributed by atoms with van der Waals surface area (Å²) in [4.78, 5) is 28.2. The van der Waals surface area contributed by atoms with Crippen molar-refractivity contribution in [1.29, 1.82) is 0 Å². The Bertz CT molecular complexity index is 1570. The molecule has 0 spiro atoms. The third kappa shape index (κ3) is 6.02. The summed E-state index contributed by atoms with van der Waals surface area (Å²) in [6.07, 6.45) is 0.820. The van der Waals surface area contributed by atoms with Crippen LogP contribution in [0.15, 0.2) is 82.7 Å². The molecule has 0 radical (unpaired) electrons. The molecule has 1 fully saturated rings. The second-order valence-electron chi connectivity index (χ2n) is 8.86. The highest BCUT2D eigenvalue weighted by Gasteiger charge is 2.48. The summed E-state index contributed by atoms with van der Waals surface area (Å²) >= 11 is 14.7. The van der Waals surface area contributed by atoms with E-state index in [2.05, 4.69) is 10.2 Å². The monoisotopic (exact) mass is 611 g/mol. The van der Waals surface area contributed by atoms with Crippen LogP contribution in [-0.2, 0) is 15.3 Å². The van der Waals surface area contributed by atoms with E-state index in [0.29, 0.717) is 43.6 Å². The Labute approximate surface area is 249 Å². The molecule has 0 aliphatic carbocycles. The molecule has 204 valence electrons. The van der Waals surface area contributed by atoms with E-state index in [1.807, 2.05) is 31.2 Å². The lowest BCUT2D eigenvalue weighted by atomic mass is 9.95. The molecular weight excluding hydrogens is 589 g/mol. The average Bonchev–Trinajstić information content (AvgIpc) is 3.53. The Hall–Kier alpha value is -3.37. The molecule has 7 nitrogen and oxygen atoms in total. The van der Waals surface area contributed by atoms with E-state index < -0.39 is 17.7 Å². The molecule has 1 saturated heterocycles. The van der Waals surface area contributed by atoms with Gasteiger partial charge in [0, 0.05) is 21.4 Å². The quantitative estimate of drug-likeness (QED) is 0.0686. The number of aromatic nitrogens is 2. The predicted molar refractivity (Wildman–Crippen MR) is 159 cm³/mol. The summed E-state index contributed by atoms with van der Waals surface area (Å²) in [5.74, 6) is -0.702. The van der Waals surface area contributed by atoms with Gasteiger partial charge in [0.25, 0.3) is 5.78 Å². The van der Waals surface area contributed by atoms with Crippen LogP contribution in [0.3, 0.4) is 0 Å². The van der Waals surface area contributed by atoms with E-state index in [-0.39, 0.29) is 16.5 Å². The van der Waals surface area contributed by atoms with E-state index >= 15 is 0 Å². The molecule has 1 aliphatic heterocycles. The summed E-state index contributed by atoms with van der Waals surface area (Å²) in [6, 6.07) is 20.1. The highest BCUT2D eigenvalue weighted by atomic mass is 35.5. The van der Waals surface area contributed by atoms with E-state index in [9.17, 15) is 14.7 Å². The van der Waals surface area contributed by atoms with Crippen LogP contribution in [0.4, 0.5) is 5.13 Å². The summed E-state index contributed by atoms with van der Waals surface area (Å²) in [7, 11) is 0. The number of amides is 1. The highest BCUT2D eigenvalue weighted by molar-refractivity contribution is 8.00. The molecule has 40 heavy (non-hydrogen) atoms. The number of rotatable bonds is 9. The molecule has 1 aliphatic rings. The molecule has 0 saturated carbocycles. The lowest BCUT2D eigenvalue weighted by Gasteiger charge is -2.23. The van der Waals surface area contributed by atoms with Crippen LogP contribution in [0.2, 0.25) is 10.0 Å². The van der Waals surface area contributed by atoms with Gasteiger partial charge in [-0.1, -0.05) is 77.5 Å². The molecule has 1 amide bonds. The van der Waals surface area contributed by atoms with Gasteiger partial charge in [-0.05, 0) is 66.1 Å². The van der Waals surface area contributed by atoms with Gasteiger partial charge in [-0.2, -0.15) is 0 Å². The largest absolute Gasteiger partial charge is 0.507 e. The van der Waals surface area contributed by atoms with Crippen molar-refractivity contribution in [2.75, 3.05) is 11.5 Å². The van der Waals surface area contributed by atoms with Crippen molar-refractivity contribution in [2.24, 2.45) is 0 Å². The summed E-state index contributed by atoms with van der Waals surface area (Å²) in [5, 5.41) is 21.2. The Morgan fingerprint density at radius 2 is 1.73 bits per heavy atom. The average molecular weight is 613 g/mol. The maximum Gasteiger partial charge on any atom is 0.301 e. The van der Waals surface area contributed by atoms with Crippen LogP contribution in [0.25, 0.3) is 5.76 Å². The van der Waals surface area contributed by atoms with Gasteiger partial charge in [0.15, 0.2) is 4.34 Å². The van der Waals surface area contributed by atoms with Crippen LogP contribution in [0, 0.1) is 0 Å². The number of aliphatic hydroxyl groups excluding tert-OH is 1. The van der Waals surface area contributed by atoms with E-state index in [4.69, 9.17) is 27.9 Å². The van der Waals surface area contributed by atoms with Crippen molar-refractivity contribution in [3.8, 4) is 5.75 Å². The minimum Gasteiger partial charge on any atom is -0.507 e. The Balaban J connectivity index is 1.54. The predicted octanol–water partition coefficient (Wildman–Crippen LogP) is 7.55. The maximum atomic E-state index is 13.5. The number of ether oxygens (including phenoxy) is 1. The van der Waals surface area contributed by atoms with Crippen molar-refractivity contribution >= 4 is 68.9 Å². The Morgan fingerprint density at radius 1 is 1.02 bits per heavy atom. The normalized spacial score (nSPS) is 16.5. The van der Waals surface area contributed by atoms with Gasteiger partial charge in [0.2, 0.25) is 5.13 Å². The van der Waals surface area contributed by atoms with Gasteiger partial charge >= 0.3 is 5.91 Å². The first-order valence-corrected chi connectivity index (χ1v) is 14.9. The molecule has 0 bridgehead atoms. The van der Waals surface area contributed by atoms with Crippen molar-refractivity contribution in [3.63, 3.8) is 0 Å². The zero-order valence-electron chi connectivity index (χ0n) is 21.2. The van der Waals surface area contributed by atoms with Crippen LogP contribution in [0.5, 0.6) is 5.75 Å². The number of ketones is 1. The van der Waals surface area contributed by atoms with Gasteiger partial charge in [0.05, 0.1) is 18.2 Å². The number of anilines is 1. The molecule has 4 aromatic rings. The number of nitrogens with zero attached hydrogens (tertiary/aromatic N) is 3. The van der Waals surface area contributed by atoms with Gasteiger partial charge in [-0.3, -0.25) is 14.5 Å². The van der Waals surface area contributed by atoms with Gasteiger partial charge in [-0.15, -0.1) is 10.2 Å². The first kappa shape index (κ1) is 28.2. The van der Waals surface area contributed by atoms with E-state index in [1.165, 1.54) is 28.0 Å². The van der Waals surface area contributed by atoms with Gasteiger partial charge in [-0.25, -0.2) is 0 Å². The zero-order valence-corrected chi connectivity index (χ0v) is 24.4. The zero-order chi connectivity index (χ0) is 28.2. The topological polar surface area (TPSA) is 92.6 Å². The van der Waals surface area contributed by atoms with Gasteiger partial charge in [0.1, 0.15) is 11.5 Å². The fourth-order valence-electron chi connectivity index (χ4n) is 4.19. The lowest BCUT2D eigenvalue weighted by Crippen LogP contribution is -2.29. The number of aliphatic hydroxyl groups is 1. The number of benzene rings is 3. The molecular formula is C29H23Cl2N3O4S2. The fourth-order valence-corrected chi connectivity index (χ4v) is 6.26. The third-order valence-corrected chi connectivity index (χ3v) is 8.72. The fraction of sp³-hybridized carbons (Fsp3) is 0.172. The van der Waals surface area contributed by atoms with Gasteiger partial charge < -0.3 is 9.84 Å². The third-order valence-electron chi connectivity index (χ3n) is 6.09. The highest BCUT2D eigenvalue weighted by Crippen LogP contribution is 2.44. The summed E-state index contributed by atoms with van der Waals surface area (Å²) < 4.78 is 6.44. The molecule has 1 unspecified atom stereocenters. The molecule has 2 heterocycles. The van der Waals surface area contributed by atoms with E-state index in [1.54, 1.807) is 48.5 Å². The first-order chi connectivity index (χ1) is 19.4. The smallest absolute Gasteiger partial charge is 0.301 e. The number of thioether (sulfide) groups is 1. The molecule has 1 N–H and O–H groups in total. The number of carbonyl (C=O) groups excluding carboxylic acids is 2. The van der Waals surface area contributed by atoms with Crippen LogP contribution in [-0.4, -0.2) is 33.6 Å². The second kappa shape index (κ2) is 12.4. The number of hydrogen-bond acceptors (Lipinski definition) is 8. The standard InChI is InChI=1S/C29H23Cl2N3O4S2/c1-2-14-38-22-5-3-4-19(15-22)24-23(25(35)18-8-12-21(31)13-9-18)26(36)27(37)34(24)28-32-33-29(40-28)39-16-17-6-10-20(30)11-7-17/h3-13,15,24,35H,2,14,16H2,1H3. The number of halogens is 2. The first-order valence-electron chi connectivity index (χ1n) is 12.4. The second-order valence-corrected chi connectivity index (χ2v) is 11.9. The molecule has 1 aromatic heterocycles. The Kier molecular flexibility index (Phi) is 8.75. The Morgan fingerprint density at radius 3 is 2.42 bits per heavy atom. The SMILES string of the molecule is CCCOc1cccc(C2C(=C(O)c3ccc(Cl)cc3)C(=O)C(=O)N2c2nnc(SCc3ccc(Cl)cc3)s2)c1. The van der Waals surface area contributed by atoms with E-state index in [0.717, 1.165) is 12.0 Å². The molecule has 3 aromatic carbocycles. The van der Waals surface area contributed by atoms with Crippen molar-refractivity contribution < 1.29 is 19.4 Å². The van der Waals surface area contributed by atoms with Crippen molar-refractivity contribution in [2.45, 2.75) is 29.5 Å². The lowest BCUT2D eigenvalue weighted by molar-refractivity contribution is -0.132. The van der Waals surface area contributed by atoms with Crippen LogP contribution in [0.1, 0.15) is 36.1 Å². The minimum atomic E-state index is -0.942. The number of Topliss-reactive ketones (excluding diaryl/α,β-unsaturated/α-hetero) is 1. The summed E-state index contributed by atoms with van der Waals surface area (Å²) in [6.45, 7) is 2.52. The van der Waals surface area contributed by atoms with Crippen molar-refractivity contribution in [3.05, 3.63) is 105 Å². The minimum absolute atomic E-state index is 0.0504. The number of hydrogen-bond donors (Lipinski definition) is 1. The molecule has 1 atom stereocenters. The van der Waals surface area contributed by atoms with Crippen LogP contribution >= 0.6 is 46.3 Å².